The van der Waals surface area contributed by atoms with E-state index in [0.29, 0.717) is 35.2 Å². The van der Waals surface area contributed by atoms with Crippen molar-refractivity contribution in [3.63, 3.8) is 0 Å². The molecule has 40 heavy (non-hydrogen) atoms. The van der Waals surface area contributed by atoms with Crippen LogP contribution in [0.4, 0.5) is 0 Å². The first kappa shape index (κ1) is 25.3. The minimum Gasteiger partial charge on any atom is -0.507 e. The molecule has 0 amide bonds. The molecule has 0 aliphatic rings. The van der Waals surface area contributed by atoms with Gasteiger partial charge in [-0.15, -0.1) is 0 Å². The van der Waals surface area contributed by atoms with Crippen molar-refractivity contribution in [1.29, 1.82) is 0 Å². The van der Waals surface area contributed by atoms with E-state index < -0.39 is 0 Å². The maximum Gasteiger partial charge on any atom is 0.167 e. The van der Waals surface area contributed by atoms with Crippen molar-refractivity contribution in [2.45, 2.75) is 6.42 Å². The van der Waals surface area contributed by atoms with Crippen LogP contribution in [-0.2, 0) is 6.42 Å². The van der Waals surface area contributed by atoms with Crippen molar-refractivity contribution >= 4 is 12.9 Å². The Morgan fingerprint density at radius 1 is 0.550 bits per heavy atom. The zero-order chi connectivity index (χ0) is 27.3. The number of phenols is 1. The van der Waals surface area contributed by atoms with Crippen LogP contribution in [-0.4, -0.2) is 20.1 Å². The molecule has 6 aromatic rings. The minimum absolute atomic E-state index is 0.00119. The van der Waals surface area contributed by atoms with Gasteiger partial charge in [-0.05, 0) is 39.9 Å². The molecule has 1 N–H and O–H groups in total. The molecule has 1 aromatic heterocycles. The Morgan fingerprint density at radius 2 is 1.07 bits per heavy atom. The molecule has 6 heteroatoms. The van der Waals surface area contributed by atoms with Crippen molar-refractivity contribution in [2.24, 2.45) is 0 Å². The van der Waals surface area contributed by atoms with Crippen LogP contribution in [0.25, 0.3) is 45.0 Å². The van der Waals surface area contributed by atoms with Crippen LogP contribution in [0.5, 0.6) is 11.5 Å². The van der Waals surface area contributed by atoms with Crippen molar-refractivity contribution in [2.75, 3.05) is 0 Å². The summed E-state index contributed by atoms with van der Waals surface area (Å²) in [6, 6.07) is 42.0. The zero-order valence-electron chi connectivity index (χ0n) is 21.5. The van der Waals surface area contributed by atoms with Crippen molar-refractivity contribution in [3.8, 4) is 56.5 Å². The summed E-state index contributed by atoms with van der Waals surface area (Å²) in [4.78, 5) is 14.3. The number of benzene rings is 5. The number of hydrogen-bond donors (Lipinski definition) is 2. The summed E-state index contributed by atoms with van der Waals surface area (Å²) in [5.41, 5.74) is 6.99. The standard InChI is InChI=1S/C34H25N3O2S/c38-31-22-29(39-40)19-20-30(31)34-36-32(21-23-11-13-26(14-12-23)24-7-3-1-4-8-24)35-33(37-34)28-17-15-27(16-18-28)25-9-5-2-6-10-25/h1-20,22,38,40H,21H2. The predicted molar refractivity (Wildman–Crippen MR) is 162 cm³/mol. The third-order valence-electron chi connectivity index (χ3n) is 6.67. The largest absolute Gasteiger partial charge is 0.507 e. The fourth-order valence-corrected chi connectivity index (χ4v) is 4.69. The third kappa shape index (κ3) is 5.58. The SMILES string of the molecule is Oc1cc(OS)ccc1-c1nc(Cc2ccc(-c3ccccc3)cc2)nc(-c2ccc(-c3ccccc3)cc2)n1. The molecule has 0 fully saturated rings. The summed E-state index contributed by atoms with van der Waals surface area (Å²) >= 11 is 3.83. The van der Waals surface area contributed by atoms with Crippen molar-refractivity contribution < 1.29 is 9.29 Å². The van der Waals surface area contributed by atoms with Gasteiger partial charge in [-0.2, -0.15) is 0 Å². The summed E-state index contributed by atoms with van der Waals surface area (Å²) in [6.45, 7) is 0. The lowest BCUT2D eigenvalue weighted by Gasteiger charge is -2.11. The number of rotatable bonds is 7. The smallest absolute Gasteiger partial charge is 0.167 e. The van der Waals surface area contributed by atoms with Gasteiger partial charge in [0.05, 0.1) is 5.56 Å². The monoisotopic (exact) mass is 539 g/mol. The molecule has 0 saturated heterocycles. The molecule has 0 bridgehead atoms. The fraction of sp³-hybridized carbons (Fsp3) is 0.0294. The second kappa shape index (κ2) is 11.4. The van der Waals surface area contributed by atoms with Gasteiger partial charge in [-0.25, -0.2) is 15.0 Å². The van der Waals surface area contributed by atoms with Crippen LogP contribution in [0.1, 0.15) is 11.4 Å². The second-order valence-electron chi connectivity index (χ2n) is 9.35. The van der Waals surface area contributed by atoms with Gasteiger partial charge < -0.3 is 9.29 Å². The van der Waals surface area contributed by atoms with E-state index in [1.165, 1.54) is 11.6 Å². The van der Waals surface area contributed by atoms with Gasteiger partial charge in [0.15, 0.2) is 11.6 Å². The molecular weight excluding hydrogens is 514 g/mol. The highest BCUT2D eigenvalue weighted by atomic mass is 32.1. The number of aromatic hydroxyl groups is 1. The Hall–Kier alpha value is -4.94. The van der Waals surface area contributed by atoms with E-state index in [-0.39, 0.29) is 5.75 Å². The summed E-state index contributed by atoms with van der Waals surface area (Å²) in [6.07, 6.45) is 0.512. The molecule has 0 unspecified atom stereocenters. The molecule has 0 saturated carbocycles. The van der Waals surface area contributed by atoms with Crippen LogP contribution in [0.3, 0.4) is 0 Å². The van der Waals surface area contributed by atoms with E-state index in [2.05, 4.69) is 73.6 Å². The molecule has 6 rings (SSSR count). The Morgan fingerprint density at radius 3 is 1.65 bits per heavy atom. The first-order chi connectivity index (χ1) is 19.7. The van der Waals surface area contributed by atoms with E-state index in [1.54, 1.807) is 12.1 Å². The molecule has 1 heterocycles. The molecule has 0 radical (unpaired) electrons. The predicted octanol–water partition coefficient (Wildman–Crippen LogP) is 8.06. The Balaban J connectivity index is 1.37. The fourth-order valence-electron chi connectivity index (χ4n) is 4.58. The highest BCUT2D eigenvalue weighted by Gasteiger charge is 2.15. The number of hydrogen-bond acceptors (Lipinski definition) is 6. The summed E-state index contributed by atoms with van der Waals surface area (Å²) in [7, 11) is 0. The average molecular weight is 540 g/mol. The van der Waals surface area contributed by atoms with Crippen LogP contribution in [0.2, 0.25) is 0 Å². The highest BCUT2D eigenvalue weighted by Crippen LogP contribution is 2.32. The molecule has 5 aromatic carbocycles. The summed E-state index contributed by atoms with van der Waals surface area (Å²) < 4.78 is 4.95. The minimum atomic E-state index is 0.00119. The van der Waals surface area contributed by atoms with Crippen LogP contribution < -0.4 is 4.18 Å². The molecule has 0 aliphatic heterocycles. The first-order valence-electron chi connectivity index (χ1n) is 12.9. The van der Waals surface area contributed by atoms with E-state index in [0.717, 1.165) is 27.8 Å². The van der Waals surface area contributed by atoms with E-state index in [9.17, 15) is 5.11 Å². The van der Waals surface area contributed by atoms with Crippen molar-refractivity contribution in [1.82, 2.24) is 15.0 Å². The van der Waals surface area contributed by atoms with Gasteiger partial charge in [0.2, 0.25) is 0 Å². The quantitative estimate of drug-likeness (QED) is 0.159. The number of aromatic nitrogens is 3. The van der Waals surface area contributed by atoms with E-state index in [1.807, 2.05) is 48.5 Å². The lowest BCUT2D eigenvalue weighted by atomic mass is 10.0. The van der Waals surface area contributed by atoms with E-state index >= 15 is 0 Å². The van der Waals surface area contributed by atoms with Gasteiger partial charge in [0.1, 0.15) is 17.3 Å². The molecule has 0 aliphatic carbocycles. The number of thiol groups is 1. The zero-order valence-corrected chi connectivity index (χ0v) is 22.4. The van der Waals surface area contributed by atoms with Crippen molar-refractivity contribution in [3.05, 3.63) is 139 Å². The Labute approximate surface area is 238 Å². The highest BCUT2D eigenvalue weighted by molar-refractivity contribution is 7.75. The lowest BCUT2D eigenvalue weighted by Crippen LogP contribution is -2.04. The first-order valence-corrected chi connectivity index (χ1v) is 13.2. The Kier molecular flexibility index (Phi) is 7.24. The third-order valence-corrected chi connectivity index (χ3v) is 6.88. The van der Waals surface area contributed by atoms with Gasteiger partial charge in [-0.1, -0.05) is 109 Å². The van der Waals surface area contributed by atoms with Crippen LogP contribution in [0.15, 0.2) is 127 Å². The van der Waals surface area contributed by atoms with Gasteiger partial charge in [0, 0.05) is 31.0 Å². The molecule has 0 atom stereocenters. The molecule has 0 spiro atoms. The topological polar surface area (TPSA) is 68.1 Å². The normalized spacial score (nSPS) is 10.8. The maximum atomic E-state index is 10.7. The van der Waals surface area contributed by atoms with Crippen LogP contribution in [0, 0.1) is 0 Å². The summed E-state index contributed by atoms with van der Waals surface area (Å²) in [5, 5.41) is 10.7. The average Bonchev–Trinajstić information content (AvgIpc) is 3.02. The molecule has 194 valence electrons. The Bertz CT molecular complexity index is 1740. The number of phenolic OH excluding ortho intramolecular Hbond substituents is 1. The molecular formula is C34H25N3O2S. The van der Waals surface area contributed by atoms with Gasteiger partial charge in [0.25, 0.3) is 0 Å². The lowest BCUT2D eigenvalue weighted by molar-refractivity contribution is 0.474. The molecule has 5 nitrogen and oxygen atoms in total. The van der Waals surface area contributed by atoms with Crippen LogP contribution >= 0.6 is 12.9 Å². The van der Waals surface area contributed by atoms with Gasteiger partial charge in [-0.3, -0.25) is 0 Å². The number of nitrogens with zero attached hydrogens (tertiary/aromatic N) is 3. The second-order valence-corrected chi connectivity index (χ2v) is 9.53. The maximum absolute atomic E-state index is 10.7. The summed E-state index contributed by atoms with van der Waals surface area (Å²) in [5.74, 6) is 1.95. The van der Waals surface area contributed by atoms with Gasteiger partial charge >= 0.3 is 0 Å². The van der Waals surface area contributed by atoms with E-state index in [4.69, 9.17) is 19.1 Å².